The Morgan fingerprint density at radius 1 is 1.60 bits per heavy atom. The summed E-state index contributed by atoms with van der Waals surface area (Å²) < 4.78 is 0. The van der Waals surface area contributed by atoms with Crippen molar-refractivity contribution < 1.29 is 0 Å². The summed E-state index contributed by atoms with van der Waals surface area (Å²) in [7, 11) is 0. The number of thiophene rings is 1. The Bertz CT molecular complexity index is 293. The van der Waals surface area contributed by atoms with E-state index in [4.69, 9.17) is 11.6 Å². The third-order valence-corrected chi connectivity index (χ3v) is 3.52. The summed E-state index contributed by atoms with van der Waals surface area (Å²) in [6, 6.07) is 4.78. The van der Waals surface area contributed by atoms with Crippen LogP contribution in [0.3, 0.4) is 0 Å². The van der Waals surface area contributed by atoms with Crippen molar-refractivity contribution in [3.8, 4) is 0 Å². The van der Waals surface area contributed by atoms with Crippen molar-refractivity contribution in [1.82, 2.24) is 4.90 Å². The average Bonchev–Trinajstić information content (AvgIpc) is 2.69. The van der Waals surface area contributed by atoms with Gasteiger partial charge >= 0.3 is 0 Å². The van der Waals surface area contributed by atoms with Gasteiger partial charge in [-0.2, -0.15) is 0 Å². The summed E-state index contributed by atoms with van der Waals surface area (Å²) in [5.41, 5.74) is 1.09. The summed E-state index contributed by atoms with van der Waals surface area (Å²) in [6.45, 7) is 10.2. The van der Waals surface area contributed by atoms with Crippen LogP contribution in [0.4, 0.5) is 0 Å². The Kier molecular flexibility index (Phi) is 5.37. The fraction of sp³-hybridized carbons (Fsp3) is 0.500. The summed E-state index contributed by atoms with van der Waals surface area (Å²) in [6.07, 6.45) is 0. The highest BCUT2D eigenvalue weighted by Crippen LogP contribution is 2.15. The van der Waals surface area contributed by atoms with Crippen molar-refractivity contribution in [2.75, 3.05) is 12.4 Å². The van der Waals surface area contributed by atoms with E-state index >= 15 is 0 Å². The van der Waals surface area contributed by atoms with Gasteiger partial charge in [0, 0.05) is 29.9 Å². The summed E-state index contributed by atoms with van der Waals surface area (Å²) >= 11 is 7.56. The molecule has 0 aliphatic rings. The lowest BCUT2D eigenvalue weighted by atomic mass is 10.2. The van der Waals surface area contributed by atoms with E-state index in [1.54, 1.807) is 11.3 Å². The third-order valence-electron chi connectivity index (χ3n) is 2.29. The number of hydrogen-bond donors (Lipinski definition) is 0. The smallest absolute Gasteiger partial charge is 0.0443 e. The summed E-state index contributed by atoms with van der Waals surface area (Å²) in [4.78, 5) is 3.78. The van der Waals surface area contributed by atoms with Gasteiger partial charge in [0.25, 0.3) is 0 Å². The van der Waals surface area contributed by atoms with Gasteiger partial charge in [-0.3, -0.25) is 4.90 Å². The van der Waals surface area contributed by atoms with Crippen LogP contribution < -0.4 is 0 Å². The Morgan fingerprint density at radius 2 is 2.33 bits per heavy atom. The Hall–Kier alpha value is -0.310. The topological polar surface area (TPSA) is 3.24 Å². The molecule has 0 saturated heterocycles. The molecule has 1 nitrogen and oxygen atoms in total. The van der Waals surface area contributed by atoms with Gasteiger partial charge in [-0.25, -0.2) is 0 Å². The van der Waals surface area contributed by atoms with Gasteiger partial charge in [0.1, 0.15) is 0 Å². The third kappa shape index (κ3) is 4.37. The van der Waals surface area contributed by atoms with Crippen LogP contribution >= 0.6 is 22.9 Å². The largest absolute Gasteiger partial charge is 0.292 e. The van der Waals surface area contributed by atoms with E-state index in [9.17, 15) is 0 Å². The minimum atomic E-state index is 0.520. The van der Waals surface area contributed by atoms with Crippen LogP contribution in [-0.2, 0) is 6.54 Å². The number of halogens is 1. The lowest BCUT2D eigenvalue weighted by molar-refractivity contribution is 0.234. The maximum absolute atomic E-state index is 5.76. The molecular weight excluding hydrogens is 226 g/mol. The molecule has 1 rings (SSSR count). The van der Waals surface area contributed by atoms with Crippen LogP contribution in [0.5, 0.6) is 0 Å². The molecule has 0 saturated carbocycles. The van der Waals surface area contributed by atoms with Gasteiger partial charge in [-0.1, -0.05) is 12.6 Å². The molecular formula is C12H18ClNS. The SMILES string of the molecule is C=C(CCl)CN(Cc1cccs1)C(C)C. The molecule has 0 radical (unpaired) electrons. The highest BCUT2D eigenvalue weighted by Gasteiger charge is 2.11. The molecule has 0 aliphatic heterocycles. The normalized spacial score (nSPS) is 11.3. The second-order valence-electron chi connectivity index (χ2n) is 3.96. The van der Waals surface area contributed by atoms with Gasteiger partial charge in [0.2, 0.25) is 0 Å². The molecule has 3 heteroatoms. The van der Waals surface area contributed by atoms with Crippen molar-refractivity contribution in [3.05, 3.63) is 34.5 Å². The zero-order valence-electron chi connectivity index (χ0n) is 9.37. The molecule has 0 atom stereocenters. The van der Waals surface area contributed by atoms with Gasteiger partial charge in [0.15, 0.2) is 0 Å². The first-order valence-electron chi connectivity index (χ1n) is 5.12. The van der Waals surface area contributed by atoms with E-state index in [2.05, 4.69) is 42.8 Å². The highest BCUT2D eigenvalue weighted by molar-refractivity contribution is 7.09. The molecule has 0 spiro atoms. The Labute approximate surface area is 101 Å². The van der Waals surface area contributed by atoms with Crippen molar-refractivity contribution in [2.45, 2.75) is 26.4 Å². The van der Waals surface area contributed by atoms with Crippen molar-refractivity contribution in [2.24, 2.45) is 0 Å². The minimum Gasteiger partial charge on any atom is -0.292 e. The first-order chi connectivity index (χ1) is 7.13. The van der Waals surface area contributed by atoms with Gasteiger partial charge < -0.3 is 0 Å². The van der Waals surface area contributed by atoms with Crippen LogP contribution in [0.25, 0.3) is 0 Å². The van der Waals surface area contributed by atoms with Crippen molar-refractivity contribution in [1.29, 1.82) is 0 Å². The molecule has 84 valence electrons. The molecule has 0 N–H and O–H groups in total. The fourth-order valence-corrected chi connectivity index (χ4v) is 2.17. The molecule has 0 aromatic carbocycles. The quantitative estimate of drug-likeness (QED) is 0.543. The van der Waals surface area contributed by atoms with Gasteiger partial charge in [0.05, 0.1) is 0 Å². The lowest BCUT2D eigenvalue weighted by Crippen LogP contribution is -2.32. The van der Waals surface area contributed by atoms with Crippen LogP contribution in [0.2, 0.25) is 0 Å². The fourth-order valence-electron chi connectivity index (χ4n) is 1.35. The number of rotatable bonds is 6. The number of alkyl halides is 1. The van der Waals surface area contributed by atoms with Gasteiger partial charge in [-0.05, 0) is 30.9 Å². The van der Waals surface area contributed by atoms with E-state index in [1.165, 1.54) is 4.88 Å². The second-order valence-corrected chi connectivity index (χ2v) is 5.26. The van der Waals surface area contributed by atoms with Crippen LogP contribution in [-0.4, -0.2) is 23.4 Å². The zero-order chi connectivity index (χ0) is 11.3. The number of hydrogen-bond acceptors (Lipinski definition) is 2. The Balaban J connectivity index is 2.55. The molecule has 15 heavy (non-hydrogen) atoms. The molecule has 0 fully saturated rings. The maximum Gasteiger partial charge on any atom is 0.0443 e. The van der Waals surface area contributed by atoms with E-state index in [-0.39, 0.29) is 0 Å². The average molecular weight is 244 g/mol. The highest BCUT2D eigenvalue weighted by atomic mass is 35.5. The maximum atomic E-state index is 5.76. The molecule has 0 amide bonds. The number of nitrogens with zero attached hydrogens (tertiary/aromatic N) is 1. The monoisotopic (exact) mass is 243 g/mol. The van der Waals surface area contributed by atoms with Crippen LogP contribution in [0.1, 0.15) is 18.7 Å². The van der Waals surface area contributed by atoms with Crippen LogP contribution in [0.15, 0.2) is 29.7 Å². The lowest BCUT2D eigenvalue weighted by Gasteiger charge is -2.26. The molecule has 0 bridgehead atoms. The van der Waals surface area contributed by atoms with E-state index in [0.717, 1.165) is 18.7 Å². The first-order valence-corrected chi connectivity index (χ1v) is 6.54. The standard InChI is InChI=1S/C12H18ClNS/c1-10(2)14(8-11(3)7-13)9-12-5-4-6-15-12/h4-6,10H,3,7-9H2,1-2H3. The minimum absolute atomic E-state index is 0.520. The predicted octanol–water partition coefficient (Wildman–Crippen LogP) is 3.75. The summed E-state index contributed by atoms with van der Waals surface area (Å²) in [5, 5.41) is 2.12. The predicted molar refractivity (Wildman–Crippen MR) is 69.7 cm³/mol. The van der Waals surface area contributed by atoms with Gasteiger partial charge in [-0.15, -0.1) is 22.9 Å². The molecule has 1 aromatic rings. The van der Waals surface area contributed by atoms with E-state index < -0.39 is 0 Å². The molecule has 0 unspecified atom stereocenters. The van der Waals surface area contributed by atoms with E-state index in [1.807, 2.05) is 0 Å². The Morgan fingerprint density at radius 3 is 2.80 bits per heavy atom. The molecule has 1 aromatic heterocycles. The zero-order valence-corrected chi connectivity index (χ0v) is 10.9. The van der Waals surface area contributed by atoms with Crippen LogP contribution in [0, 0.1) is 0 Å². The first kappa shape index (κ1) is 12.8. The molecule has 1 heterocycles. The molecule has 0 aliphatic carbocycles. The second kappa shape index (κ2) is 6.31. The summed E-state index contributed by atoms with van der Waals surface area (Å²) in [5.74, 6) is 0.549. The van der Waals surface area contributed by atoms with Crippen molar-refractivity contribution >= 4 is 22.9 Å². The van der Waals surface area contributed by atoms with Crippen molar-refractivity contribution in [3.63, 3.8) is 0 Å². The van der Waals surface area contributed by atoms with E-state index in [0.29, 0.717) is 11.9 Å².